The Hall–Kier alpha value is -1.48. The molecule has 0 unspecified atom stereocenters. The number of rotatable bonds is 9. The van der Waals surface area contributed by atoms with Crippen LogP contribution in [0.3, 0.4) is 0 Å². The van der Waals surface area contributed by atoms with Gasteiger partial charge >= 0.3 is 0 Å². The molecule has 0 radical (unpaired) electrons. The molecule has 3 heteroatoms. The highest BCUT2D eigenvalue weighted by atomic mass is 16.5. The van der Waals surface area contributed by atoms with Crippen LogP contribution in [0, 0.1) is 5.92 Å². The van der Waals surface area contributed by atoms with Crippen molar-refractivity contribution in [3.8, 4) is 11.5 Å². The number of likely N-dealkylation sites (N-methyl/N-ethyl adjacent to an activating group) is 1. The van der Waals surface area contributed by atoms with Crippen LogP contribution in [0.2, 0.25) is 0 Å². The number of hydrogen-bond acceptors (Lipinski definition) is 3. The zero-order valence-electron chi connectivity index (χ0n) is 14.0. The summed E-state index contributed by atoms with van der Waals surface area (Å²) < 4.78 is 11.1. The third-order valence-corrected chi connectivity index (χ3v) is 3.32. The molecule has 0 aliphatic heterocycles. The predicted octanol–water partition coefficient (Wildman–Crippen LogP) is 4.13. The van der Waals surface area contributed by atoms with Crippen molar-refractivity contribution >= 4 is 6.08 Å². The number of methoxy groups -OCH3 is 1. The summed E-state index contributed by atoms with van der Waals surface area (Å²) in [6.45, 7) is 11.3. The molecule has 0 aliphatic rings. The first-order chi connectivity index (χ1) is 10.1. The fourth-order valence-corrected chi connectivity index (χ4v) is 2.01. The van der Waals surface area contributed by atoms with Crippen LogP contribution < -0.4 is 14.8 Å². The molecule has 0 spiro atoms. The highest BCUT2D eigenvalue weighted by Gasteiger charge is 2.07. The fourth-order valence-electron chi connectivity index (χ4n) is 2.01. The van der Waals surface area contributed by atoms with E-state index < -0.39 is 0 Å². The van der Waals surface area contributed by atoms with Crippen LogP contribution >= 0.6 is 0 Å². The Bertz CT molecular complexity index is 453. The maximum absolute atomic E-state index is 5.69. The van der Waals surface area contributed by atoms with E-state index in [0.29, 0.717) is 12.5 Å². The van der Waals surface area contributed by atoms with Crippen molar-refractivity contribution < 1.29 is 9.47 Å². The standard InChI is InChI=1S/C18H29NO2/c1-6-10-21-17-9-8-15(12-18(17)20-5)11-16(14(3)4)13-19-7-2/h8-9,11-12,14,19H,6-7,10,13H2,1-5H3. The Balaban J connectivity index is 2.95. The second-order valence-electron chi connectivity index (χ2n) is 5.41. The van der Waals surface area contributed by atoms with Crippen LogP contribution in [0.25, 0.3) is 6.08 Å². The van der Waals surface area contributed by atoms with Gasteiger partial charge in [-0.3, -0.25) is 0 Å². The molecule has 1 rings (SSSR count). The van der Waals surface area contributed by atoms with Crippen molar-refractivity contribution in [3.63, 3.8) is 0 Å². The van der Waals surface area contributed by atoms with Gasteiger partial charge in [-0.05, 0) is 36.6 Å². The minimum Gasteiger partial charge on any atom is -0.493 e. The fraction of sp³-hybridized carbons (Fsp3) is 0.556. The van der Waals surface area contributed by atoms with E-state index in [-0.39, 0.29) is 0 Å². The van der Waals surface area contributed by atoms with Crippen molar-refractivity contribution in [2.75, 3.05) is 26.8 Å². The number of nitrogens with one attached hydrogen (secondary N) is 1. The van der Waals surface area contributed by atoms with Gasteiger partial charge in [0.15, 0.2) is 11.5 Å². The summed E-state index contributed by atoms with van der Waals surface area (Å²) in [5.74, 6) is 2.13. The monoisotopic (exact) mass is 291 g/mol. The Morgan fingerprint density at radius 1 is 1.24 bits per heavy atom. The summed E-state index contributed by atoms with van der Waals surface area (Å²) in [6.07, 6.45) is 3.23. The Kier molecular flexibility index (Phi) is 7.91. The molecule has 0 aliphatic carbocycles. The minimum atomic E-state index is 0.520. The second-order valence-corrected chi connectivity index (χ2v) is 5.41. The smallest absolute Gasteiger partial charge is 0.161 e. The van der Waals surface area contributed by atoms with Gasteiger partial charge in [0.05, 0.1) is 13.7 Å². The van der Waals surface area contributed by atoms with Crippen LogP contribution in [-0.2, 0) is 0 Å². The molecule has 0 atom stereocenters. The van der Waals surface area contributed by atoms with E-state index in [4.69, 9.17) is 9.47 Å². The van der Waals surface area contributed by atoms with Crippen LogP contribution in [-0.4, -0.2) is 26.8 Å². The Morgan fingerprint density at radius 3 is 2.57 bits per heavy atom. The van der Waals surface area contributed by atoms with Gasteiger partial charge in [0.25, 0.3) is 0 Å². The van der Waals surface area contributed by atoms with E-state index in [1.165, 1.54) is 5.57 Å². The SMILES string of the molecule is CCCOc1ccc(C=C(CNCC)C(C)C)cc1OC. The van der Waals surface area contributed by atoms with Gasteiger partial charge in [0.1, 0.15) is 0 Å². The van der Waals surface area contributed by atoms with Crippen LogP contribution in [0.1, 0.15) is 39.7 Å². The largest absolute Gasteiger partial charge is 0.493 e. The third kappa shape index (κ3) is 5.80. The minimum absolute atomic E-state index is 0.520. The Morgan fingerprint density at radius 2 is 2.00 bits per heavy atom. The first kappa shape index (κ1) is 17.6. The van der Waals surface area contributed by atoms with Gasteiger partial charge in [0.2, 0.25) is 0 Å². The maximum atomic E-state index is 5.69. The maximum Gasteiger partial charge on any atom is 0.161 e. The van der Waals surface area contributed by atoms with Crippen molar-refractivity contribution in [2.45, 2.75) is 34.1 Å². The average molecular weight is 291 g/mol. The molecule has 0 amide bonds. The highest BCUT2D eigenvalue weighted by Crippen LogP contribution is 2.29. The topological polar surface area (TPSA) is 30.5 Å². The van der Waals surface area contributed by atoms with Crippen molar-refractivity contribution in [1.82, 2.24) is 5.32 Å². The van der Waals surface area contributed by atoms with Gasteiger partial charge in [-0.2, -0.15) is 0 Å². The van der Waals surface area contributed by atoms with Gasteiger partial charge < -0.3 is 14.8 Å². The van der Waals surface area contributed by atoms with Crippen LogP contribution in [0.4, 0.5) is 0 Å². The highest BCUT2D eigenvalue weighted by molar-refractivity contribution is 5.58. The zero-order chi connectivity index (χ0) is 15.7. The molecule has 0 fully saturated rings. The molecule has 3 nitrogen and oxygen atoms in total. The lowest BCUT2D eigenvalue weighted by molar-refractivity contribution is 0.294. The Labute approximate surface area is 129 Å². The summed E-state index contributed by atoms with van der Waals surface area (Å²) in [5, 5.41) is 3.39. The third-order valence-electron chi connectivity index (χ3n) is 3.32. The predicted molar refractivity (Wildman–Crippen MR) is 90.1 cm³/mol. The van der Waals surface area contributed by atoms with E-state index in [1.54, 1.807) is 7.11 Å². The molecule has 1 N–H and O–H groups in total. The van der Waals surface area contributed by atoms with Crippen LogP contribution in [0.15, 0.2) is 23.8 Å². The average Bonchev–Trinajstić information content (AvgIpc) is 2.49. The van der Waals surface area contributed by atoms with Crippen molar-refractivity contribution in [1.29, 1.82) is 0 Å². The molecule has 0 aromatic heterocycles. The summed E-state index contributed by atoms with van der Waals surface area (Å²) in [7, 11) is 1.68. The molecule has 21 heavy (non-hydrogen) atoms. The van der Waals surface area contributed by atoms with Gasteiger partial charge in [-0.15, -0.1) is 0 Å². The second kappa shape index (κ2) is 9.46. The molecular weight excluding hydrogens is 262 g/mol. The van der Waals surface area contributed by atoms with Crippen LogP contribution in [0.5, 0.6) is 11.5 Å². The molecule has 1 aromatic carbocycles. The lowest BCUT2D eigenvalue weighted by Crippen LogP contribution is -2.18. The van der Waals surface area contributed by atoms with Crippen molar-refractivity contribution in [3.05, 3.63) is 29.3 Å². The molecule has 0 heterocycles. The number of hydrogen-bond donors (Lipinski definition) is 1. The van der Waals surface area contributed by atoms with E-state index in [0.717, 1.165) is 36.6 Å². The number of benzene rings is 1. The first-order valence-corrected chi connectivity index (χ1v) is 7.84. The van der Waals surface area contributed by atoms with Gasteiger partial charge in [-0.25, -0.2) is 0 Å². The molecule has 1 aromatic rings. The molecule has 0 bridgehead atoms. The number of ether oxygens (including phenoxy) is 2. The molecular formula is C18H29NO2. The van der Waals surface area contributed by atoms with E-state index in [1.807, 2.05) is 12.1 Å². The molecule has 0 saturated heterocycles. The summed E-state index contributed by atoms with van der Waals surface area (Å²) >= 11 is 0. The van der Waals surface area contributed by atoms with E-state index >= 15 is 0 Å². The summed E-state index contributed by atoms with van der Waals surface area (Å²) in [4.78, 5) is 0. The lowest BCUT2D eigenvalue weighted by Gasteiger charge is -2.14. The normalized spacial score (nSPS) is 11.8. The van der Waals surface area contributed by atoms with Crippen molar-refractivity contribution in [2.24, 2.45) is 5.92 Å². The van der Waals surface area contributed by atoms with Gasteiger partial charge in [0, 0.05) is 6.54 Å². The summed E-state index contributed by atoms with van der Waals surface area (Å²) in [5.41, 5.74) is 2.54. The summed E-state index contributed by atoms with van der Waals surface area (Å²) in [6, 6.07) is 6.12. The van der Waals surface area contributed by atoms with E-state index in [9.17, 15) is 0 Å². The first-order valence-electron chi connectivity index (χ1n) is 7.84. The molecule has 0 saturated carbocycles. The molecule has 118 valence electrons. The lowest BCUT2D eigenvalue weighted by atomic mass is 10.00. The quantitative estimate of drug-likeness (QED) is 0.742. The zero-order valence-corrected chi connectivity index (χ0v) is 14.0. The van der Waals surface area contributed by atoms with Gasteiger partial charge in [-0.1, -0.05) is 45.4 Å². The van der Waals surface area contributed by atoms with E-state index in [2.05, 4.69) is 45.2 Å².